The van der Waals surface area contributed by atoms with Crippen LogP contribution in [0.25, 0.3) is 11.2 Å². The molecule has 3 aromatic rings. The van der Waals surface area contributed by atoms with E-state index < -0.39 is 0 Å². The lowest BCUT2D eigenvalue weighted by molar-refractivity contribution is 0.954. The van der Waals surface area contributed by atoms with E-state index in [-0.39, 0.29) is 0 Å². The maximum absolute atomic E-state index is 6.11. The largest absolute Gasteiger partial charge is 0.341 e. The van der Waals surface area contributed by atoms with Crippen LogP contribution in [-0.2, 0) is 0 Å². The highest BCUT2D eigenvalue weighted by Crippen LogP contribution is 2.32. The zero-order valence-corrected chi connectivity index (χ0v) is 11.7. The van der Waals surface area contributed by atoms with Crippen LogP contribution in [0.5, 0.6) is 0 Å². The number of hydrogen-bond donors (Lipinski definition) is 1. The molecule has 3 aromatic heterocycles. The number of imidazole rings is 1. The number of hydrogen-bond acceptors (Lipinski definition) is 6. The van der Waals surface area contributed by atoms with Crippen LogP contribution in [0.3, 0.4) is 0 Å². The number of aromatic amines is 1. The molecule has 0 unspecified atom stereocenters. The van der Waals surface area contributed by atoms with Gasteiger partial charge in [0, 0.05) is 0 Å². The highest BCUT2D eigenvalue weighted by atomic mass is 35.5. The van der Waals surface area contributed by atoms with Crippen LogP contribution in [-0.4, -0.2) is 29.9 Å². The highest BCUT2D eigenvalue weighted by molar-refractivity contribution is 7.99. The molecule has 6 nitrogen and oxygen atoms in total. The van der Waals surface area contributed by atoms with E-state index in [1.54, 1.807) is 6.33 Å². The fourth-order valence-electron chi connectivity index (χ4n) is 1.53. The summed E-state index contributed by atoms with van der Waals surface area (Å²) in [6.45, 7) is 3.77. The molecule has 0 aromatic carbocycles. The molecule has 3 rings (SSSR count). The normalized spacial score (nSPS) is 11.1. The number of aryl methyl sites for hydroxylation is 2. The fraction of sp³-hybridized carbons (Fsp3) is 0.182. The predicted molar refractivity (Wildman–Crippen MR) is 72.3 cm³/mol. The van der Waals surface area contributed by atoms with Crippen molar-refractivity contribution in [3.63, 3.8) is 0 Å². The molecule has 19 heavy (non-hydrogen) atoms. The van der Waals surface area contributed by atoms with Gasteiger partial charge in [0.1, 0.15) is 21.9 Å². The first-order valence-corrected chi connectivity index (χ1v) is 6.67. The Morgan fingerprint density at radius 1 is 1.05 bits per heavy atom. The molecule has 3 heterocycles. The number of rotatable bonds is 2. The van der Waals surface area contributed by atoms with E-state index in [1.165, 1.54) is 18.1 Å². The molecule has 0 fully saturated rings. The summed E-state index contributed by atoms with van der Waals surface area (Å²) < 4.78 is 0. The van der Waals surface area contributed by atoms with Crippen molar-refractivity contribution < 1.29 is 0 Å². The maximum Gasteiger partial charge on any atom is 0.181 e. The average Bonchev–Trinajstić information content (AvgIpc) is 2.85. The third-order valence-electron chi connectivity index (χ3n) is 2.62. The van der Waals surface area contributed by atoms with Crippen LogP contribution in [0.1, 0.15) is 11.4 Å². The van der Waals surface area contributed by atoms with Gasteiger partial charge in [0.25, 0.3) is 0 Å². The molecule has 0 amide bonds. The molecule has 0 saturated heterocycles. The second-order valence-electron chi connectivity index (χ2n) is 3.87. The Labute approximate surface area is 118 Å². The Kier molecular flexibility index (Phi) is 3.08. The molecule has 0 bridgehead atoms. The van der Waals surface area contributed by atoms with Crippen LogP contribution in [0.2, 0.25) is 5.15 Å². The zero-order valence-electron chi connectivity index (χ0n) is 10.2. The van der Waals surface area contributed by atoms with E-state index in [0.29, 0.717) is 15.8 Å². The van der Waals surface area contributed by atoms with E-state index in [4.69, 9.17) is 11.6 Å². The summed E-state index contributed by atoms with van der Waals surface area (Å²) in [6, 6.07) is 0. The smallest absolute Gasteiger partial charge is 0.181 e. The Morgan fingerprint density at radius 3 is 2.68 bits per heavy atom. The molecule has 0 aliphatic rings. The Hall–Kier alpha value is -1.73. The van der Waals surface area contributed by atoms with Gasteiger partial charge in [-0.05, 0) is 25.6 Å². The van der Waals surface area contributed by atoms with Gasteiger partial charge in [-0.3, -0.25) is 0 Å². The highest BCUT2D eigenvalue weighted by Gasteiger charge is 2.13. The van der Waals surface area contributed by atoms with E-state index in [2.05, 4.69) is 29.9 Å². The second kappa shape index (κ2) is 4.75. The molecular weight excluding hydrogens is 284 g/mol. The number of nitrogens with zero attached hydrogens (tertiary/aromatic N) is 5. The fourth-order valence-corrected chi connectivity index (χ4v) is 2.66. The minimum atomic E-state index is 0.374. The van der Waals surface area contributed by atoms with Gasteiger partial charge in [-0.25, -0.2) is 24.9 Å². The van der Waals surface area contributed by atoms with Crippen molar-refractivity contribution in [1.29, 1.82) is 0 Å². The Balaban J connectivity index is 2.06. The Bertz CT molecular complexity index is 756. The molecule has 0 radical (unpaired) electrons. The predicted octanol–water partition coefficient (Wildman–Crippen LogP) is 2.56. The monoisotopic (exact) mass is 292 g/mol. The van der Waals surface area contributed by atoms with Gasteiger partial charge in [-0.15, -0.1) is 0 Å². The first-order chi connectivity index (χ1) is 9.15. The van der Waals surface area contributed by atoms with Crippen LogP contribution < -0.4 is 0 Å². The average molecular weight is 293 g/mol. The molecule has 0 spiro atoms. The first kappa shape index (κ1) is 12.3. The third kappa shape index (κ3) is 2.26. The van der Waals surface area contributed by atoms with Gasteiger partial charge in [-0.1, -0.05) is 11.6 Å². The van der Waals surface area contributed by atoms with Gasteiger partial charge in [-0.2, -0.15) is 0 Å². The lowest BCUT2D eigenvalue weighted by Crippen LogP contribution is -1.96. The second-order valence-corrected chi connectivity index (χ2v) is 5.21. The molecule has 0 aliphatic heterocycles. The van der Waals surface area contributed by atoms with Crippen molar-refractivity contribution in [2.24, 2.45) is 0 Å². The quantitative estimate of drug-likeness (QED) is 0.731. The van der Waals surface area contributed by atoms with Gasteiger partial charge >= 0.3 is 0 Å². The third-order valence-corrected chi connectivity index (χ3v) is 3.97. The molecule has 0 saturated carbocycles. The van der Waals surface area contributed by atoms with Gasteiger partial charge < -0.3 is 4.98 Å². The number of halogens is 1. The number of aromatic nitrogens is 6. The number of fused-ring (bicyclic) bond motifs is 1. The molecule has 8 heteroatoms. The standard InChI is InChI=1S/C11H9ClN6S/c1-5-6(2)18-11(8(12)17-5)19-10-7-9(14-3-13-7)15-4-16-10/h3-4H,1-2H3,(H,13,14,15,16). The zero-order chi connectivity index (χ0) is 13.4. The van der Waals surface area contributed by atoms with Crippen LogP contribution in [0.4, 0.5) is 0 Å². The summed E-state index contributed by atoms with van der Waals surface area (Å²) in [4.78, 5) is 24.1. The van der Waals surface area contributed by atoms with Crippen LogP contribution in [0.15, 0.2) is 22.7 Å². The van der Waals surface area contributed by atoms with Crippen molar-refractivity contribution in [3.8, 4) is 0 Å². The van der Waals surface area contributed by atoms with E-state index in [1.807, 2.05) is 13.8 Å². The summed E-state index contributed by atoms with van der Waals surface area (Å²) in [5.41, 5.74) is 3.06. The summed E-state index contributed by atoms with van der Waals surface area (Å²) >= 11 is 7.46. The molecule has 96 valence electrons. The summed E-state index contributed by atoms with van der Waals surface area (Å²) in [5.74, 6) is 0. The van der Waals surface area contributed by atoms with Crippen LogP contribution in [0, 0.1) is 13.8 Å². The van der Waals surface area contributed by atoms with Crippen molar-refractivity contribution in [2.75, 3.05) is 0 Å². The van der Waals surface area contributed by atoms with Crippen molar-refractivity contribution in [1.82, 2.24) is 29.9 Å². The van der Waals surface area contributed by atoms with Crippen molar-refractivity contribution in [3.05, 3.63) is 29.2 Å². The van der Waals surface area contributed by atoms with Crippen LogP contribution >= 0.6 is 23.4 Å². The van der Waals surface area contributed by atoms with E-state index in [9.17, 15) is 0 Å². The minimum Gasteiger partial charge on any atom is -0.341 e. The lowest BCUT2D eigenvalue weighted by Gasteiger charge is -2.05. The summed E-state index contributed by atoms with van der Waals surface area (Å²) in [5, 5.41) is 1.72. The first-order valence-electron chi connectivity index (χ1n) is 5.48. The van der Waals surface area contributed by atoms with Gasteiger partial charge in [0.05, 0.1) is 17.7 Å². The maximum atomic E-state index is 6.11. The molecule has 0 atom stereocenters. The molecule has 0 aliphatic carbocycles. The lowest BCUT2D eigenvalue weighted by atomic mass is 10.4. The Morgan fingerprint density at radius 2 is 1.84 bits per heavy atom. The van der Waals surface area contributed by atoms with E-state index >= 15 is 0 Å². The minimum absolute atomic E-state index is 0.374. The topological polar surface area (TPSA) is 80.2 Å². The SMILES string of the molecule is Cc1nc(Cl)c(Sc2ncnc3nc[nH]c23)nc1C. The summed E-state index contributed by atoms with van der Waals surface area (Å²) in [6.07, 6.45) is 3.05. The number of H-pyrrole nitrogens is 1. The van der Waals surface area contributed by atoms with Crippen molar-refractivity contribution >= 4 is 34.5 Å². The summed E-state index contributed by atoms with van der Waals surface area (Å²) in [7, 11) is 0. The van der Waals surface area contributed by atoms with Gasteiger partial charge in [0.15, 0.2) is 10.8 Å². The molecular formula is C11H9ClN6S. The molecule has 1 N–H and O–H groups in total. The van der Waals surface area contributed by atoms with Crippen molar-refractivity contribution in [2.45, 2.75) is 23.9 Å². The number of nitrogens with one attached hydrogen (secondary N) is 1. The van der Waals surface area contributed by atoms with Gasteiger partial charge in [0.2, 0.25) is 0 Å². The van der Waals surface area contributed by atoms with E-state index in [0.717, 1.165) is 21.9 Å².